The van der Waals surface area contributed by atoms with Gasteiger partial charge < -0.3 is 15.2 Å². The number of carbonyl (C=O) groups is 1. The molecule has 2 aromatic rings. The molecule has 1 aliphatic heterocycles. The van der Waals surface area contributed by atoms with Crippen molar-refractivity contribution in [2.75, 3.05) is 6.61 Å². The maximum atomic E-state index is 12.5. The number of pyridine rings is 1. The van der Waals surface area contributed by atoms with Crippen LogP contribution in [0.3, 0.4) is 0 Å². The van der Waals surface area contributed by atoms with Gasteiger partial charge in [-0.15, -0.1) is 0 Å². The van der Waals surface area contributed by atoms with Gasteiger partial charge in [0.2, 0.25) is 5.91 Å². The molecule has 1 aliphatic carbocycles. The zero-order valence-corrected chi connectivity index (χ0v) is 14.7. The van der Waals surface area contributed by atoms with Gasteiger partial charge in [0.15, 0.2) is 0 Å². The van der Waals surface area contributed by atoms with E-state index < -0.39 is 0 Å². The Morgan fingerprint density at radius 1 is 1.31 bits per heavy atom. The number of aromatic nitrogens is 1. The topological polar surface area (TPSA) is 71.5 Å². The highest BCUT2D eigenvalue weighted by Crippen LogP contribution is 2.39. The van der Waals surface area contributed by atoms with E-state index in [0.29, 0.717) is 12.8 Å². The molecule has 0 radical (unpaired) electrons. The first-order chi connectivity index (χ1) is 12.7. The maximum Gasteiger partial charge on any atom is 0.220 e. The highest BCUT2D eigenvalue weighted by Gasteiger charge is 2.36. The van der Waals surface area contributed by atoms with Crippen molar-refractivity contribution in [1.29, 1.82) is 0 Å². The van der Waals surface area contributed by atoms with E-state index in [1.165, 1.54) is 5.56 Å². The Balaban J connectivity index is 1.44. The summed E-state index contributed by atoms with van der Waals surface area (Å²) >= 11 is 0. The van der Waals surface area contributed by atoms with Crippen molar-refractivity contribution in [3.63, 3.8) is 0 Å². The summed E-state index contributed by atoms with van der Waals surface area (Å²) in [6.07, 6.45) is 4.93. The van der Waals surface area contributed by atoms with Crippen molar-refractivity contribution in [2.24, 2.45) is 5.92 Å². The molecule has 5 nitrogen and oxygen atoms in total. The van der Waals surface area contributed by atoms with E-state index in [4.69, 9.17) is 4.74 Å². The van der Waals surface area contributed by atoms with E-state index in [9.17, 15) is 9.90 Å². The number of hydrogen-bond donors (Lipinski definition) is 2. The van der Waals surface area contributed by atoms with Gasteiger partial charge in [-0.2, -0.15) is 0 Å². The van der Waals surface area contributed by atoms with Gasteiger partial charge in [0.05, 0.1) is 18.8 Å². The molecule has 1 aromatic heterocycles. The first-order valence-corrected chi connectivity index (χ1v) is 9.32. The summed E-state index contributed by atoms with van der Waals surface area (Å²) in [6, 6.07) is 11.9. The molecule has 5 heteroatoms. The minimum atomic E-state index is -0.245. The van der Waals surface area contributed by atoms with Crippen LogP contribution in [-0.4, -0.2) is 28.7 Å². The second-order valence-electron chi connectivity index (χ2n) is 7.22. The summed E-state index contributed by atoms with van der Waals surface area (Å²) in [4.78, 5) is 16.8. The van der Waals surface area contributed by atoms with Crippen molar-refractivity contribution in [3.8, 4) is 5.75 Å². The van der Waals surface area contributed by atoms with Crippen LogP contribution in [-0.2, 0) is 17.6 Å². The molecule has 26 heavy (non-hydrogen) atoms. The van der Waals surface area contributed by atoms with Crippen LogP contribution in [0.5, 0.6) is 5.75 Å². The van der Waals surface area contributed by atoms with Crippen molar-refractivity contribution in [3.05, 3.63) is 59.4 Å². The molecule has 1 saturated carbocycles. The number of aliphatic hydroxyl groups is 1. The summed E-state index contributed by atoms with van der Waals surface area (Å²) in [7, 11) is 0. The van der Waals surface area contributed by atoms with E-state index in [-0.39, 0.29) is 24.0 Å². The minimum absolute atomic E-state index is 0.0267. The molecule has 1 aromatic carbocycles. The number of benzene rings is 1. The number of nitrogens with one attached hydrogen (secondary N) is 1. The highest BCUT2D eigenvalue weighted by molar-refractivity contribution is 5.76. The average Bonchev–Trinajstić information content (AvgIpc) is 3.11. The largest absolute Gasteiger partial charge is 0.493 e. The van der Waals surface area contributed by atoms with E-state index in [1.54, 1.807) is 6.20 Å². The Kier molecular flexibility index (Phi) is 4.89. The zero-order valence-electron chi connectivity index (χ0n) is 14.7. The normalized spacial score (nSPS) is 22.0. The number of rotatable bonds is 6. The van der Waals surface area contributed by atoms with Gasteiger partial charge in [-0.05, 0) is 60.6 Å². The van der Waals surface area contributed by atoms with Gasteiger partial charge in [0.25, 0.3) is 0 Å². The number of hydrogen-bond acceptors (Lipinski definition) is 4. The van der Waals surface area contributed by atoms with Crippen LogP contribution in [0.1, 0.15) is 42.1 Å². The zero-order chi connectivity index (χ0) is 17.9. The number of ether oxygens (including phenoxy) is 1. The first kappa shape index (κ1) is 17.0. The van der Waals surface area contributed by atoms with Crippen LogP contribution in [0.4, 0.5) is 0 Å². The van der Waals surface area contributed by atoms with Gasteiger partial charge in [0.1, 0.15) is 5.75 Å². The second kappa shape index (κ2) is 7.46. The fourth-order valence-electron chi connectivity index (χ4n) is 3.81. The van der Waals surface area contributed by atoms with Gasteiger partial charge in [-0.25, -0.2) is 0 Å². The Hall–Kier alpha value is -2.40. The number of aliphatic hydroxyl groups excluding tert-OH is 1. The molecule has 2 N–H and O–H groups in total. The van der Waals surface area contributed by atoms with Gasteiger partial charge in [-0.3, -0.25) is 9.78 Å². The van der Waals surface area contributed by atoms with Gasteiger partial charge in [0, 0.05) is 24.7 Å². The molecule has 1 atom stereocenters. The van der Waals surface area contributed by atoms with Crippen LogP contribution in [0.25, 0.3) is 0 Å². The fourth-order valence-corrected chi connectivity index (χ4v) is 3.81. The first-order valence-electron chi connectivity index (χ1n) is 9.32. The summed E-state index contributed by atoms with van der Waals surface area (Å²) in [5.41, 5.74) is 3.24. The summed E-state index contributed by atoms with van der Waals surface area (Å²) in [5.74, 6) is 1.26. The molecule has 0 spiro atoms. The van der Waals surface area contributed by atoms with Gasteiger partial charge >= 0.3 is 0 Å². The summed E-state index contributed by atoms with van der Waals surface area (Å²) < 4.78 is 5.59. The second-order valence-corrected chi connectivity index (χ2v) is 7.22. The Labute approximate surface area is 153 Å². The molecule has 4 rings (SSSR count). The van der Waals surface area contributed by atoms with Crippen LogP contribution in [0.2, 0.25) is 0 Å². The Morgan fingerprint density at radius 2 is 2.19 bits per heavy atom. The lowest BCUT2D eigenvalue weighted by atomic mass is 9.74. The van der Waals surface area contributed by atoms with E-state index in [2.05, 4.69) is 16.4 Å². The maximum absolute atomic E-state index is 12.5. The van der Waals surface area contributed by atoms with Crippen molar-refractivity contribution in [2.45, 2.75) is 44.2 Å². The number of aryl methyl sites for hydroxylation is 1. The SMILES string of the molecule is O=C(CCc1ccccn1)N[C@H](c1ccc2c(c1)CCO2)C1CC(O)C1. The lowest BCUT2D eigenvalue weighted by Gasteiger charge is -2.38. The van der Waals surface area contributed by atoms with Crippen LogP contribution >= 0.6 is 0 Å². The fraction of sp³-hybridized carbons (Fsp3) is 0.429. The Bertz CT molecular complexity index is 772. The van der Waals surface area contributed by atoms with Gasteiger partial charge in [-0.1, -0.05) is 12.1 Å². The summed E-state index contributed by atoms with van der Waals surface area (Å²) in [6.45, 7) is 0.724. The van der Waals surface area contributed by atoms with Crippen molar-refractivity contribution in [1.82, 2.24) is 10.3 Å². The number of fused-ring (bicyclic) bond motifs is 1. The van der Waals surface area contributed by atoms with E-state index in [1.807, 2.05) is 30.3 Å². The Morgan fingerprint density at radius 3 is 2.96 bits per heavy atom. The van der Waals surface area contributed by atoms with E-state index >= 15 is 0 Å². The number of carbonyl (C=O) groups excluding carboxylic acids is 1. The predicted molar refractivity (Wildman–Crippen MR) is 97.8 cm³/mol. The molecule has 0 bridgehead atoms. The monoisotopic (exact) mass is 352 g/mol. The smallest absolute Gasteiger partial charge is 0.220 e. The van der Waals surface area contributed by atoms with Crippen LogP contribution in [0.15, 0.2) is 42.6 Å². The third-order valence-electron chi connectivity index (χ3n) is 5.34. The molecule has 2 heterocycles. The third-order valence-corrected chi connectivity index (χ3v) is 5.34. The van der Waals surface area contributed by atoms with Crippen molar-refractivity contribution >= 4 is 5.91 Å². The third kappa shape index (κ3) is 3.73. The number of nitrogens with zero attached hydrogens (tertiary/aromatic N) is 1. The van der Waals surface area contributed by atoms with Crippen LogP contribution in [0, 0.1) is 5.92 Å². The van der Waals surface area contributed by atoms with E-state index in [0.717, 1.165) is 42.9 Å². The van der Waals surface area contributed by atoms with Crippen molar-refractivity contribution < 1.29 is 14.6 Å². The van der Waals surface area contributed by atoms with Crippen LogP contribution < -0.4 is 10.1 Å². The lowest BCUT2D eigenvalue weighted by Crippen LogP contribution is -2.41. The quantitative estimate of drug-likeness (QED) is 0.838. The molecule has 2 aliphatic rings. The molecule has 0 saturated heterocycles. The molecule has 136 valence electrons. The molecular weight excluding hydrogens is 328 g/mol. The predicted octanol–water partition coefficient (Wildman–Crippen LogP) is 2.58. The standard InChI is InChI=1S/C21H24N2O3/c24-18-12-16(13-18)21(15-4-6-19-14(11-15)8-10-26-19)23-20(25)7-5-17-3-1-2-9-22-17/h1-4,6,9,11,16,18,21,24H,5,7-8,10,12-13H2,(H,23,25)/t16?,18?,21-/m1/s1. The molecule has 1 fully saturated rings. The average molecular weight is 352 g/mol. The molecule has 1 amide bonds. The minimum Gasteiger partial charge on any atom is -0.493 e. The molecular formula is C21H24N2O3. The molecule has 0 unspecified atom stereocenters. The lowest BCUT2D eigenvalue weighted by molar-refractivity contribution is -0.123. The number of amides is 1. The highest BCUT2D eigenvalue weighted by atomic mass is 16.5. The summed E-state index contributed by atoms with van der Waals surface area (Å²) in [5, 5.41) is 12.9.